The summed E-state index contributed by atoms with van der Waals surface area (Å²) in [7, 11) is 0. The number of phenolic OH excluding ortho intramolecular Hbond substituents is 1. The summed E-state index contributed by atoms with van der Waals surface area (Å²) in [6, 6.07) is 5.36. The van der Waals surface area contributed by atoms with Crippen molar-refractivity contribution in [1.29, 1.82) is 0 Å². The van der Waals surface area contributed by atoms with Crippen LogP contribution in [0.2, 0.25) is 0 Å². The zero-order valence-electron chi connectivity index (χ0n) is 7.14. The van der Waals surface area contributed by atoms with Gasteiger partial charge in [0.2, 0.25) is 0 Å². The molecule has 1 aromatic carbocycles. The predicted molar refractivity (Wildman–Crippen MR) is 55.3 cm³/mol. The van der Waals surface area contributed by atoms with Gasteiger partial charge in [-0.05, 0) is 23.3 Å². The van der Waals surface area contributed by atoms with Crippen LogP contribution in [-0.2, 0) is 0 Å². The van der Waals surface area contributed by atoms with E-state index in [0.717, 1.165) is 11.1 Å². The van der Waals surface area contributed by atoms with E-state index in [1.165, 1.54) is 0 Å². The van der Waals surface area contributed by atoms with E-state index in [1.54, 1.807) is 12.1 Å². The molecule has 2 rings (SSSR count). The fraction of sp³-hybridized carbons (Fsp3) is 0. The third-order valence-electron chi connectivity index (χ3n) is 1.96. The summed E-state index contributed by atoms with van der Waals surface area (Å²) < 4.78 is 0. The molecule has 0 heterocycles. The molecular formula is C12H10O. The normalized spacial score (nSPS) is 20.9. The number of benzene rings is 1. The van der Waals surface area contributed by atoms with Gasteiger partial charge >= 0.3 is 0 Å². The highest BCUT2D eigenvalue weighted by Gasteiger charge is 1.97. The largest absolute Gasteiger partial charge is 0.508 e. The lowest BCUT2D eigenvalue weighted by atomic mass is 10.0. The molecule has 0 fully saturated rings. The minimum absolute atomic E-state index is 0.307. The summed E-state index contributed by atoms with van der Waals surface area (Å²) in [6.07, 6.45) is 11.9. The van der Waals surface area contributed by atoms with Crippen LogP contribution >= 0.6 is 0 Å². The van der Waals surface area contributed by atoms with Crippen LogP contribution in [0.15, 0.2) is 42.5 Å². The zero-order valence-corrected chi connectivity index (χ0v) is 7.14. The molecule has 0 saturated carbocycles. The van der Waals surface area contributed by atoms with Gasteiger partial charge in [-0.15, -0.1) is 0 Å². The summed E-state index contributed by atoms with van der Waals surface area (Å²) in [5.74, 6) is 0.307. The second-order valence-corrected chi connectivity index (χ2v) is 2.92. The molecular weight excluding hydrogens is 160 g/mol. The van der Waals surface area contributed by atoms with Gasteiger partial charge in [0.25, 0.3) is 0 Å². The molecule has 0 radical (unpaired) electrons. The first-order valence-corrected chi connectivity index (χ1v) is 4.21. The van der Waals surface area contributed by atoms with Crippen LogP contribution in [0.25, 0.3) is 12.2 Å². The maximum atomic E-state index is 9.27. The highest BCUT2D eigenvalue weighted by Crippen LogP contribution is 2.20. The van der Waals surface area contributed by atoms with Crippen molar-refractivity contribution in [2.75, 3.05) is 0 Å². The molecule has 0 amide bonds. The smallest absolute Gasteiger partial charge is 0.116 e. The topological polar surface area (TPSA) is 20.2 Å². The monoisotopic (exact) mass is 170 g/mol. The van der Waals surface area contributed by atoms with Crippen LogP contribution in [0.5, 0.6) is 5.75 Å². The summed E-state index contributed by atoms with van der Waals surface area (Å²) >= 11 is 0. The number of aromatic hydroxyl groups is 1. The van der Waals surface area contributed by atoms with Gasteiger partial charge in [-0.2, -0.15) is 0 Å². The molecule has 13 heavy (non-hydrogen) atoms. The van der Waals surface area contributed by atoms with Crippen LogP contribution in [0.3, 0.4) is 0 Å². The Morgan fingerprint density at radius 3 is 2.23 bits per heavy atom. The van der Waals surface area contributed by atoms with Gasteiger partial charge in [-0.3, -0.25) is 0 Å². The second kappa shape index (κ2) is 3.31. The minimum atomic E-state index is 0.307. The van der Waals surface area contributed by atoms with Gasteiger partial charge in [0.05, 0.1) is 0 Å². The summed E-state index contributed by atoms with van der Waals surface area (Å²) in [5.41, 5.74) is 2.17. The standard InChI is InChI=1S/C12H10O/c13-12-8-7-10-5-3-1-2-4-6-11(10)9-12/h1-9,13H/b2-1-,3-1?,4-2?,5-3-,6-4-,10-5?,11-6?. The first kappa shape index (κ1) is 7.87. The van der Waals surface area contributed by atoms with Gasteiger partial charge in [0, 0.05) is 0 Å². The number of fused-ring (bicyclic) bond motifs is 1. The van der Waals surface area contributed by atoms with Gasteiger partial charge in [-0.1, -0.05) is 42.5 Å². The van der Waals surface area contributed by atoms with E-state index in [-0.39, 0.29) is 0 Å². The highest BCUT2D eigenvalue weighted by atomic mass is 16.3. The van der Waals surface area contributed by atoms with Crippen LogP contribution < -0.4 is 0 Å². The predicted octanol–water partition coefficient (Wildman–Crippen LogP) is 2.99. The molecule has 1 heteroatoms. The van der Waals surface area contributed by atoms with Crippen LogP contribution in [-0.4, -0.2) is 5.11 Å². The number of phenols is 1. The lowest BCUT2D eigenvalue weighted by molar-refractivity contribution is 0.475. The van der Waals surface area contributed by atoms with E-state index in [9.17, 15) is 5.11 Å². The van der Waals surface area contributed by atoms with E-state index < -0.39 is 0 Å². The third kappa shape index (κ3) is 1.70. The van der Waals surface area contributed by atoms with Crippen molar-refractivity contribution in [3.8, 4) is 5.75 Å². The fourth-order valence-electron chi connectivity index (χ4n) is 1.31. The van der Waals surface area contributed by atoms with Crippen molar-refractivity contribution in [2.45, 2.75) is 0 Å². The van der Waals surface area contributed by atoms with Crippen molar-refractivity contribution in [3.63, 3.8) is 0 Å². The number of rotatable bonds is 0. The molecule has 0 saturated heterocycles. The van der Waals surface area contributed by atoms with E-state index in [4.69, 9.17) is 0 Å². The fourth-order valence-corrected chi connectivity index (χ4v) is 1.31. The van der Waals surface area contributed by atoms with Gasteiger partial charge in [0.1, 0.15) is 5.75 Å². The Kier molecular flexibility index (Phi) is 2.01. The molecule has 1 aliphatic carbocycles. The molecule has 64 valence electrons. The Morgan fingerprint density at radius 1 is 0.769 bits per heavy atom. The quantitative estimate of drug-likeness (QED) is 0.634. The molecule has 1 aliphatic rings. The first-order chi connectivity index (χ1) is 6.36. The molecule has 0 aliphatic heterocycles. The van der Waals surface area contributed by atoms with Crippen LogP contribution in [0, 0.1) is 0 Å². The molecule has 0 unspecified atom stereocenters. The maximum Gasteiger partial charge on any atom is 0.116 e. The van der Waals surface area contributed by atoms with E-state index in [0.29, 0.717) is 5.75 Å². The SMILES string of the molecule is Oc1ccc2c(c1)\C=C/C=C\C=C/2. The van der Waals surface area contributed by atoms with Crippen LogP contribution in [0.4, 0.5) is 0 Å². The van der Waals surface area contributed by atoms with Crippen LogP contribution in [0.1, 0.15) is 11.1 Å². The van der Waals surface area contributed by atoms with E-state index in [1.807, 2.05) is 42.5 Å². The van der Waals surface area contributed by atoms with Crippen molar-refractivity contribution >= 4 is 12.2 Å². The molecule has 0 atom stereocenters. The van der Waals surface area contributed by atoms with Crippen molar-refractivity contribution in [1.82, 2.24) is 0 Å². The molecule has 1 N–H and O–H groups in total. The van der Waals surface area contributed by atoms with Crippen molar-refractivity contribution < 1.29 is 5.11 Å². The summed E-state index contributed by atoms with van der Waals surface area (Å²) in [4.78, 5) is 0. The average Bonchev–Trinajstić information content (AvgIpc) is 2.08. The van der Waals surface area contributed by atoms with E-state index in [2.05, 4.69) is 0 Å². The number of hydrogen-bond donors (Lipinski definition) is 1. The maximum absolute atomic E-state index is 9.27. The summed E-state index contributed by atoms with van der Waals surface area (Å²) in [6.45, 7) is 0. The first-order valence-electron chi connectivity index (χ1n) is 4.21. The minimum Gasteiger partial charge on any atom is -0.508 e. The zero-order chi connectivity index (χ0) is 9.10. The average molecular weight is 170 g/mol. The second-order valence-electron chi connectivity index (χ2n) is 2.92. The summed E-state index contributed by atoms with van der Waals surface area (Å²) in [5, 5.41) is 9.27. The number of hydrogen-bond acceptors (Lipinski definition) is 1. The lowest BCUT2D eigenvalue weighted by Gasteiger charge is -2.02. The number of allylic oxidation sites excluding steroid dienone is 4. The van der Waals surface area contributed by atoms with E-state index >= 15 is 0 Å². The molecule has 1 nitrogen and oxygen atoms in total. The highest BCUT2D eigenvalue weighted by molar-refractivity contribution is 5.68. The Labute approximate surface area is 77.3 Å². The Balaban J connectivity index is 2.56. The Bertz CT molecular complexity index is 398. The molecule has 0 bridgehead atoms. The lowest BCUT2D eigenvalue weighted by Crippen LogP contribution is -1.80. The third-order valence-corrected chi connectivity index (χ3v) is 1.96. The van der Waals surface area contributed by atoms with Gasteiger partial charge < -0.3 is 5.11 Å². The molecule has 0 aromatic heterocycles. The molecule has 1 aromatic rings. The molecule has 0 spiro atoms. The van der Waals surface area contributed by atoms with Gasteiger partial charge in [0.15, 0.2) is 0 Å². The van der Waals surface area contributed by atoms with Crippen molar-refractivity contribution in [2.24, 2.45) is 0 Å². The van der Waals surface area contributed by atoms with Gasteiger partial charge in [-0.25, -0.2) is 0 Å². The Morgan fingerprint density at radius 2 is 1.46 bits per heavy atom. The Hall–Kier alpha value is -1.76. The van der Waals surface area contributed by atoms with Crippen molar-refractivity contribution in [3.05, 3.63) is 53.6 Å².